The van der Waals surface area contributed by atoms with E-state index >= 15 is 0 Å². The molecule has 1 rings (SSSR count). The second-order valence-electron chi connectivity index (χ2n) is 3.73. The van der Waals surface area contributed by atoms with Gasteiger partial charge in [0.1, 0.15) is 0 Å². The Bertz CT molecular complexity index is 294. The highest BCUT2D eigenvalue weighted by atomic mass is 35.5. The van der Waals surface area contributed by atoms with Crippen LogP contribution < -0.4 is 10.2 Å². The monoisotopic (exact) mass is 279 g/mol. The lowest BCUT2D eigenvalue weighted by Crippen LogP contribution is -2.15. The van der Waals surface area contributed by atoms with Gasteiger partial charge in [0.05, 0.1) is 0 Å². The second-order valence-corrected chi connectivity index (χ2v) is 4.82. The predicted molar refractivity (Wildman–Crippen MR) is 76.5 cm³/mol. The van der Waals surface area contributed by atoms with E-state index in [9.17, 15) is 0 Å². The van der Waals surface area contributed by atoms with Gasteiger partial charge in [-0.05, 0) is 19.9 Å². The molecule has 0 amide bonds. The zero-order valence-corrected chi connectivity index (χ0v) is 12.4. The first-order chi connectivity index (χ1) is 7.74. The Balaban J connectivity index is 0.00000256. The van der Waals surface area contributed by atoms with Gasteiger partial charge in [-0.2, -0.15) is 0 Å². The van der Waals surface area contributed by atoms with Crippen molar-refractivity contribution in [3.05, 3.63) is 11.1 Å². The van der Waals surface area contributed by atoms with Gasteiger partial charge in [0, 0.05) is 44.9 Å². The van der Waals surface area contributed by atoms with Crippen molar-refractivity contribution in [2.24, 2.45) is 0 Å². The first-order valence-electron chi connectivity index (χ1n) is 5.64. The van der Waals surface area contributed by atoms with Crippen molar-refractivity contribution in [1.82, 2.24) is 10.3 Å². The first-order valence-corrected chi connectivity index (χ1v) is 6.46. The zero-order chi connectivity index (χ0) is 11.8. The van der Waals surface area contributed by atoms with Crippen molar-refractivity contribution in [2.75, 3.05) is 38.8 Å². The maximum Gasteiger partial charge on any atom is 0.185 e. The molecule has 0 fully saturated rings. The van der Waals surface area contributed by atoms with Crippen molar-refractivity contribution in [3.8, 4) is 0 Å². The molecule has 1 aromatic rings. The molecule has 0 atom stereocenters. The van der Waals surface area contributed by atoms with Crippen LogP contribution in [-0.4, -0.2) is 38.8 Å². The summed E-state index contributed by atoms with van der Waals surface area (Å²) in [6.07, 6.45) is 3.00. The summed E-state index contributed by atoms with van der Waals surface area (Å²) >= 11 is 1.73. The number of hydrogen-bond acceptors (Lipinski definition) is 5. The minimum Gasteiger partial charge on any atom is -0.382 e. The quantitative estimate of drug-likeness (QED) is 0.740. The molecular weight excluding hydrogens is 258 g/mol. The molecule has 1 heterocycles. The molecule has 100 valence electrons. The van der Waals surface area contributed by atoms with Gasteiger partial charge in [0.15, 0.2) is 5.13 Å². The SMILES string of the molecule is CCOCCCNCc1cnc(N(C)C)s1.Cl. The maximum absolute atomic E-state index is 5.26. The zero-order valence-electron chi connectivity index (χ0n) is 10.7. The van der Waals surface area contributed by atoms with Crippen LogP contribution in [-0.2, 0) is 11.3 Å². The molecule has 1 aromatic heterocycles. The fourth-order valence-corrected chi connectivity index (χ4v) is 2.04. The number of thiazole rings is 1. The Morgan fingerprint density at radius 3 is 2.82 bits per heavy atom. The highest BCUT2D eigenvalue weighted by molar-refractivity contribution is 7.15. The number of rotatable bonds is 8. The molecule has 0 bridgehead atoms. The molecule has 0 aliphatic rings. The number of nitrogens with one attached hydrogen (secondary N) is 1. The van der Waals surface area contributed by atoms with Gasteiger partial charge in [0.25, 0.3) is 0 Å². The second kappa shape index (κ2) is 9.65. The van der Waals surface area contributed by atoms with Crippen molar-refractivity contribution >= 4 is 28.9 Å². The molecule has 1 N–H and O–H groups in total. The molecule has 0 spiro atoms. The number of nitrogens with zero attached hydrogens (tertiary/aromatic N) is 2. The van der Waals surface area contributed by atoms with Gasteiger partial charge in [0.2, 0.25) is 0 Å². The van der Waals surface area contributed by atoms with E-state index in [0.717, 1.165) is 37.9 Å². The van der Waals surface area contributed by atoms with Gasteiger partial charge in [-0.15, -0.1) is 23.7 Å². The Labute approximate surface area is 114 Å². The number of aromatic nitrogens is 1. The van der Waals surface area contributed by atoms with Crippen LogP contribution in [0.4, 0.5) is 5.13 Å². The summed E-state index contributed by atoms with van der Waals surface area (Å²) in [5.74, 6) is 0. The summed E-state index contributed by atoms with van der Waals surface area (Å²) in [7, 11) is 4.02. The Morgan fingerprint density at radius 2 is 2.24 bits per heavy atom. The molecule has 4 nitrogen and oxygen atoms in total. The van der Waals surface area contributed by atoms with Crippen LogP contribution in [0, 0.1) is 0 Å². The lowest BCUT2D eigenvalue weighted by molar-refractivity contribution is 0.144. The smallest absolute Gasteiger partial charge is 0.185 e. The Hall–Kier alpha value is -0.360. The number of hydrogen-bond donors (Lipinski definition) is 1. The van der Waals surface area contributed by atoms with Crippen LogP contribution in [0.25, 0.3) is 0 Å². The molecule has 0 aliphatic heterocycles. The topological polar surface area (TPSA) is 37.4 Å². The van der Waals surface area contributed by atoms with Crippen molar-refractivity contribution < 1.29 is 4.74 Å². The normalized spacial score (nSPS) is 10.1. The van der Waals surface area contributed by atoms with Gasteiger partial charge in [-0.3, -0.25) is 0 Å². The summed E-state index contributed by atoms with van der Waals surface area (Å²) in [5.41, 5.74) is 0. The lowest BCUT2D eigenvalue weighted by atomic mass is 10.4. The van der Waals surface area contributed by atoms with Gasteiger partial charge in [-0.1, -0.05) is 0 Å². The van der Waals surface area contributed by atoms with Gasteiger partial charge in [-0.25, -0.2) is 4.98 Å². The van der Waals surface area contributed by atoms with E-state index in [1.54, 1.807) is 11.3 Å². The highest BCUT2D eigenvalue weighted by Crippen LogP contribution is 2.19. The third kappa shape index (κ3) is 6.83. The molecule has 0 saturated carbocycles. The third-order valence-electron chi connectivity index (χ3n) is 2.07. The van der Waals surface area contributed by atoms with Gasteiger partial charge >= 0.3 is 0 Å². The molecule has 0 radical (unpaired) electrons. The van der Waals surface area contributed by atoms with Gasteiger partial charge < -0.3 is 15.0 Å². The highest BCUT2D eigenvalue weighted by Gasteiger charge is 2.02. The summed E-state index contributed by atoms with van der Waals surface area (Å²) in [6, 6.07) is 0. The molecule has 6 heteroatoms. The van der Waals surface area contributed by atoms with E-state index in [2.05, 4.69) is 10.3 Å². The van der Waals surface area contributed by atoms with E-state index in [-0.39, 0.29) is 12.4 Å². The van der Waals surface area contributed by atoms with E-state index < -0.39 is 0 Å². The average Bonchev–Trinajstić information content (AvgIpc) is 2.72. The van der Waals surface area contributed by atoms with Crippen LogP contribution in [0.5, 0.6) is 0 Å². The van der Waals surface area contributed by atoms with Crippen LogP contribution in [0.2, 0.25) is 0 Å². The van der Waals surface area contributed by atoms with Crippen molar-refractivity contribution in [2.45, 2.75) is 19.9 Å². The van der Waals surface area contributed by atoms with Crippen LogP contribution in [0.15, 0.2) is 6.20 Å². The van der Waals surface area contributed by atoms with Crippen molar-refractivity contribution in [3.63, 3.8) is 0 Å². The van der Waals surface area contributed by atoms with Crippen LogP contribution in [0.1, 0.15) is 18.2 Å². The van der Waals surface area contributed by atoms with E-state index in [0.29, 0.717) is 0 Å². The lowest BCUT2D eigenvalue weighted by Gasteiger charge is -2.05. The Morgan fingerprint density at radius 1 is 1.47 bits per heavy atom. The summed E-state index contributed by atoms with van der Waals surface area (Å²) in [4.78, 5) is 7.63. The standard InChI is InChI=1S/C11H21N3OS.ClH/c1-4-15-7-5-6-12-8-10-9-13-11(16-10)14(2)3;/h9,12H,4-8H2,1-3H3;1H. The number of anilines is 1. The molecular formula is C11H22ClN3OS. The molecule has 0 aliphatic carbocycles. The number of halogens is 1. The van der Waals surface area contributed by atoms with E-state index in [1.165, 1.54) is 4.88 Å². The number of ether oxygens (including phenoxy) is 1. The summed E-state index contributed by atoms with van der Waals surface area (Å²) < 4.78 is 5.26. The minimum absolute atomic E-state index is 0. The molecule has 17 heavy (non-hydrogen) atoms. The van der Waals surface area contributed by atoms with Crippen molar-refractivity contribution in [1.29, 1.82) is 0 Å². The summed E-state index contributed by atoms with van der Waals surface area (Å²) in [6.45, 7) is 5.57. The van der Waals surface area contributed by atoms with Crippen LogP contribution in [0.3, 0.4) is 0 Å². The molecule has 0 aromatic carbocycles. The average molecular weight is 280 g/mol. The largest absolute Gasteiger partial charge is 0.382 e. The van der Waals surface area contributed by atoms with E-state index in [1.807, 2.05) is 32.1 Å². The maximum atomic E-state index is 5.26. The first kappa shape index (κ1) is 16.6. The fourth-order valence-electron chi connectivity index (χ4n) is 1.24. The molecule has 0 saturated heterocycles. The molecule has 0 unspecified atom stereocenters. The summed E-state index contributed by atoms with van der Waals surface area (Å²) in [5, 5.41) is 4.45. The third-order valence-corrected chi connectivity index (χ3v) is 3.23. The van der Waals surface area contributed by atoms with Crippen LogP contribution >= 0.6 is 23.7 Å². The van der Waals surface area contributed by atoms with E-state index in [4.69, 9.17) is 4.74 Å². The predicted octanol–water partition coefficient (Wildman–Crippen LogP) is 2.15. The Kier molecular flexibility index (Phi) is 9.44. The fraction of sp³-hybridized carbons (Fsp3) is 0.727. The minimum atomic E-state index is 0.